The standard InChI is InChI=1S/C21H20As2Cl2O4S4/c24-8-6-10(26)14(16-11(30)1-3-22(16)32)21-13(8)18(27)7-5-9(25)19(28)15(20(7)29-21)17-12(31)2-4-23(17)33/h5-6,11-12,16-17,26,28,30-33H,1-4H2. The van der Waals surface area contributed by atoms with Crippen molar-refractivity contribution in [2.24, 2.45) is 0 Å². The molecule has 3 aromatic rings. The van der Waals surface area contributed by atoms with E-state index >= 15 is 0 Å². The zero-order chi connectivity index (χ0) is 23.8. The van der Waals surface area contributed by atoms with Gasteiger partial charge in [-0.3, -0.25) is 0 Å². The Kier molecular flexibility index (Phi) is 7.26. The predicted molar refractivity (Wildman–Crippen MR) is 153 cm³/mol. The van der Waals surface area contributed by atoms with E-state index < -0.39 is 27.0 Å². The fourth-order valence-corrected chi connectivity index (χ4v) is 21.6. The summed E-state index contributed by atoms with van der Waals surface area (Å²) < 4.78 is 6.23. The number of thiol groups is 4. The molecule has 0 radical (unpaired) electrons. The van der Waals surface area contributed by atoms with E-state index in [1.165, 1.54) is 12.1 Å². The minimum atomic E-state index is -1.69. The maximum absolute atomic E-state index is 13.7. The van der Waals surface area contributed by atoms with Gasteiger partial charge in [0.25, 0.3) is 0 Å². The van der Waals surface area contributed by atoms with Crippen LogP contribution in [-0.2, 0) is 0 Å². The van der Waals surface area contributed by atoms with Gasteiger partial charge in [0.15, 0.2) is 0 Å². The molecular weight excluding hydrogens is 665 g/mol. The van der Waals surface area contributed by atoms with Crippen molar-refractivity contribution in [1.82, 2.24) is 0 Å². The summed E-state index contributed by atoms with van der Waals surface area (Å²) in [4.78, 5) is 13.7. The molecule has 2 saturated heterocycles. The predicted octanol–water partition coefficient (Wildman–Crippen LogP) is 6.16. The Morgan fingerprint density at radius 1 is 0.909 bits per heavy atom. The number of rotatable bonds is 2. The quantitative estimate of drug-likeness (QED) is 0.111. The van der Waals surface area contributed by atoms with Gasteiger partial charge in [0.2, 0.25) is 0 Å². The number of phenolic OH excluding ortho intramolecular Hbond substituents is 2. The van der Waals surface area contributed by atoms with Gasteiger partial charge < -0.3 is 0 Å². The number of aromatic hydroxyl groups is 2. The van der Waals surface area contributed by atoms with Crippen LogP contribution in [0.3, 0.4) is 0 Å². The molecule has 0 amide bonds. The van der Waals surface area contributed by atoms with Crippen LogP contribution in [0.2, 0.25) is 20.5 Å². The van der Waals surface area contributed by atoms with Crippen LogP contribution >= 0.6 is 70.2 Å². The van der Waals surface area contributed by atoms with E-state index in [4.69, 9.17) is 74.7 Å². The molecular formula is C21H20As2Cl2O4S4. The van der Waals surface area contributed by atoms with Gasteiger partial charge in [-0.25, -0.2) is 0 Å². The van der Waals surface area contributed by atoms with Crippen LogP contribution in [0.1, 0.15) is 33.4 Å². The van der Waals surface area contributed by atoms with Crippen LogP contribution in [0.4, 0.5) is 0 Å². The first-order valence-corrected chi connectivity index (χ1v) is 22.7. The third-order valence-electron chi connectivity index (χ3n) is 6.44. The van der Waals surface area contributed by atoms with E-state index in [2.05, 4.69) is 0 Å². The second-order valence-corrected chi connectivity index (χ2v) is 23.7. The SMILES string of the molecule is O=c1c2cc(Cl)c(O)c(C3C(S)CC[As]3S)c2oc2c(C3C(S)CC[As]3S)c(O)cc(Cl)c12. The van der Waals surface area contributed by atoms with Crippen molar-refractivity contribution >= 4 is 119 Å². The second-order valence-electron chi connectivity index (χ2n) is 8.35. The molecule has 0 spiro atoms. The van der Waals surface area contributed by atoms with Crippen LogP contribution in [0, 0.1) is 0 Å². The van der Waals surface area contributed by atoms with Crippen LogP contribution < -0.4 is 5.43 Å². The average molecular weight is 685 g/mol. The molecule has 2 aliphatic rings. The molecule has 0 aliphatic carbocycles. The van der Waals surface area contributed by atoms with E-state index in [9.17, 15) is 15.0 Å². The van der Waals surface area contributed by atoms with E-state index in [0.717, 1.165) is 23.3 Å². The maximum atomic E-state index is 13.7. The monoisotopic (exact) mass is 684 g/mol. The number of benzene rings is 2. The molecule has 12 heteroatoms. The summed E-state index contributed by atoms with van der Waals surface area (Å²) in [6, 6.07) is 2.83. The van der Waals surface area contributed by atoms with Crippen LogP contribution in [0.5, 0.6) is 11.5 Å². The Morgan fingerprint density at radius 3 is 2.03 bits per heavy atom. The molecule has 4 nitrogen and oxygen atoms in total. The van der Waals surface area contributed by atoms with Crippen LogP contribution in [0.25, 0.3) is 21.9 Å². The Labute approximate surface area is 229 Å². The van der Waals surface area contributed by atoms with Crippen molar-refractivity contribution in [3.8, 4) is 11.5 Å². The molecule has 0 bridgehead atoms. The Balaban J connectivity index is 1.93. The van der Waals surface area contributed by atoms with Gasteiger partial charge in [0.1, 0.15) is 0 Å². The summed E-state index contributed by atoms with van der Waals surface area (Å²) in [5.74, 6) is -0.127. The molecule has 176 valence electrons. The molecule has 0 saturated carbocycles. The molecule has 1 aromatic heterocycles. The van der Waals surface area contributed by atoms with E-state index in [1.54, 1.807) is 0 Å². The van der Waals surface area contributed by atoms with Crippen molar-refractivity contribution in [2.45, 2.75) is 43.2 Å². The topological polar surface area (TPSA) is 70.7 Å². The normalized spacial score (nSPS) is 30.0. The molecule has 2 aliphatic heterocycles. The molecule has 33 heavy (non-hydrogen) atoms. The summed E-state index contributed by atoms with van der Waals surface area (Å²) in [7, 11) is 9.72. The molecule has 2 N–H and O–H groups in total. The van der Waals surface area contributed by atoms with Gasteiger partial charge in [-0.15, -0.1) is 0 Å². The summed E-state index contributed by atoms with van der Waals surface area (Å²) in [5.41, 5.74) is 1.19. The van der Waals surface area contributed by atoms with Crippen molar-refractivity contribution in [3.05, 3.63) is 43.5 Å². The summed E-state index contributed by atoms with van der Waals surface area (Å²) >= 11 is 19.0. The third kappa shape index (κ3) is 4.07. The zero-order valence-electron chi connectivity index (χ0n) is 16.9. The van der Waals surface area contributed by atoms with E-state index in [1.807, 2.05) is 0 Å². The Hall–Kier alpha value is 0.607. The van der Waals surface area contributed by atoms with E-state index in [-0.39, 0.29) is 68.8 Å². The fourth-order valence-electron chi connectivity index (χ4n) is 4.87. The molecule has 2 aromatic carbocycles. The molecule has 6 atom stereocenters. The van der Waals surface area contributed by atoms with Crippen molar-refractivity contribution in [2.75, 3.05) is 0 Å². The Morgan fingerprint density at radius 2 is 1.48 bits per heavy atom. The first kappa shape index (κ1) is 25.3. The van der Waals surface area contributed by atoms with Gasteiger partial charge in [0.05, 0.1) is 0 Å². The second kappa shape index (κ2) is 9.48. The average Bonchev–Trinajstić information content (AvgIpc) is 3.25. The zero-order valence-corrected chi connectivity index (χ0v) is 25.8. The minimum absolute atomic E-state index is 0.00289. The fraction of sp³-hybridized carbons (Fsp3) is 0.381. The van der Waals surface area contributed by atoms with Gasteiger partial charge in [-0.2, -0.15) is 0 Å². The van der Waals surface area contributed by atoms with E-state index in [0.29, 0.717) is 11.1 Å². The number of halogens is 2. The Bertz CT molecular complexity index is 1330. The first-order chi connectivity index (χ1) is 15.6. The first-order valence-electron chi connectivity index (χ1n) is 10.2. The van der Waals surface area contributed by atoms with Crippen molar-refractivity contribution in [3.63, 3.8) is 0 Å². The number of hydrogen-bond donors (Lipinski definition) is 6. The van der Waals surface area contributed by atoms with Crippen LogP contribution in [-0.4, -0.2) is 47.7 Å². The molecule has 2 fully saturated rings. The third-order valence-corrected chi connectivity index (χ3v) is 22.1. The number of phenols is 2. The summed E-state index contributed by atoms with van der Waals surface area (Å²) in [6.07, 6.45) is 1.76. The van der Waals surface area contributed by atoms with Crippen molar-refractivity contribution in [1.29, 1.82) is 0 Å². The van der Waals surface area contributed by atoms with Gasteiger partial charge in [-0.05, 0) is 0 Å². The number of hydrogen-bond acceptors (Lipinski definition) is 8. The van der Waals surface area contributed by atoms with Gasteiger partial charge in [0, 0.05) is 0 Å². The van der Waals surface area contributed by atoms with Gasteiger partial charge >= 0.3 is 232 Å². The van der Waals surface area contributed by atoms with Crippen molar-refractivity contribution < 1.29 is 14.6 Å². The molecule has 6 unspecified atom stereocenters. The molecule has 5 rings (SSSR count). The molecule has 3 heterocycles. The number of fused-ring (bicyclic) bond motifs is 2. The van der Waals surface area contributed by atoms with Gasteiger partial charge in [-0.1, -0.05) is 0 Å². The summed E-state index contributed by atoms with van der Waals surface area (Å²) in [6.45, 7) is 0. The van der Waals surface area contributed by atoms with Crippen LogP contribution in [0.15, 0.2) is 21.3 Å². The summed E-state index contributed by atoms with van der Waals surface area (Å²) in [5, 5.41) is 24.5.